The number of thioether (sulfide) groups is 1. The second kappa shape index (κ2) is 8.60. The molecule has 0 aromatic heterocycles. The van der Waals surface area contributed by atoms with Gasteiger partial charge in [0.1, 0.15) is 5.82 Å². The van der Waals surface area contributed by atoms with E-state index in [1.54, 1.807) is 17.0 Å². The average molecular weight is 429 g/mol. The van der Waals surface area contributed by atoms with E-state index in [0.717, 1.165) is 11.0 Å². The van der Waals surface area contributed by atoms with Crippen molar-refractivity contribution in [3.63, 3.8) is 0 Å². The molecule has 0 bridgehead atoms. The van der Waals surface area contributed by atoms with Gasteiger partial charge in [0, 0.05) is 36.1 Å². The maximum absolute atomic E-state index is 13.3. The Labute approximate surface area is 167 Å². The molecule has 144 valence electrons. The van der Waals surface area contributed by atoms with Crippen LogP contribution in [0.1, 0.15) is 0 Å². The van der Waals surface area contributed by atoms with Crippen molar-refractivity contribution >= 4 is 39.3 Å². The summed E-state index contributed by atoms with van der Waals surface area (Å²) in [5.74, 6) is -0.387. The molecule has 0 spiro atoms. The highest BCUT2D eigenvalue weighted by atomic mass is 35.5. The van der Waals surface area contributed by atoms with Crippen LogP contribution in [0, 0.1) is 5.82 Å². The minimum absolute atomic E-state index is 0.0530. The fourth-order valence-electron chi connectivity index (χ4n) is 2.75. The van der Waals surface area contributed by atoms with Crippen molar-refractivity contribution in [2.45, 2.75) is 9.79 Å². The fourth-order valence-corrected chi connectivity index (χ4v) is 5.31. The lowest BCUT2D eigenvalue weighted by Crippen LogP contribution is -2.50. The summed E-state index contributed by atoms with van der Waals surface area (Å²) < 4.78 is 39.8. The van der Waals surface area contributed by atoms with Crippen LogP contribution in [0.25, 0.3) is 0 Å². The van der Waals surface area contributed by atoms with Crippen LogP contribution < -0.4 is 0 Å². The molecule has 0 atom stereocenters. The topological polar surface area (TPSA) is 57.7 Å². The van der Waals surface area contributed by atoms with Crippen molar-refractivity contribution in [2.75, 3.05) is 31.9 Å². The summed E-state index contributed by atoms with van der Waals surface area (Å²) in [7, 11) is -3.76. The third-order valence-corrected chi connectivity index (χ3v) is 7.29. The minimum atomic E-state index is -3.76. The highest BCUT2D eigenvalue weighted by Gasteiger charge is 2.30. The van der Waals surface area contributed by atoms with Gasteiger partial charge in [-0.2, -0.15) is 4.31 Å². The first-order valence-corrected chi connectivity index (χ1v) is 11.1. The number of nitrogens with zero attached hydrogens (tertiary/aromatic N) is 2. The summed E-state index contributed by atoms with van der Waals surface area (Å²) in [5.41, 5.74) is 0. The Balaban J connectivity index is 1.56. The number of hydrogen-bond donors (Lipinski definition) is 0. The quantitative estimate of drug-likeness (QED) is 0.686. The van der Waals surface area contributed by atoms with Gasteiger partial charge in [0.15, 0.2) is 0 Å². The Morgan fingerprint density at radius 1 is 1.07 bits per heavy atom. The van der Waals surface area contributed by atoms with E-state index in [0.29, 0.717) is 18.1 Å². The lowest BCUT2D eigenvalue weighted by Gasteiger charge is -2.34. The molecule has 1 heterocycles. The van der Waals surface area contributed by atoms with E-state index in [2.05, 4.69) is 0 Å². The van der Waals surface area contributed by atoms with Gasteiger partial charge in [0.25, 0.3) is 0 Å². The molecular weight excluding hydrogens is 411 g/mol. The molecule has 27 heavy (non-hydrogen) atoms. The van der Waals surface area contributed by atoms with E-state index in [1.165, 1.54) is 34.3 Å². The molecule has 1 saturated heterocycles. The van der Waals surface area contributed by atoms with E-state index in [9.17, 15) is 17.6 Å². The van der Waals surface area contributed by atoms with E-state index in [-0.39, 0.29) is 29.6 Å². The number of benzene rings is 2. The Kier molecular flexibility index (Phi) is 6.41. The van der Waals surface area contributed by atoms with Crippen LogP contribution in [0.3, 0.4) is 0 Å². The predicted molar refractivity (Wildman–Crippen MR) is 104 cm³/mol. The molecule has 1 aliphatic rings. The summed E-state index contributed by atoms with van der Waals surface area (Å²) in [5, 5.41) is 0.614. The molecular formula is C18H18ClFN2O3S2. The zero-order chi connectivity index (χ0) is 19.4. The van der Waals surface area contributed by atoms with Gasteiger partial charge in [0.05, 0.1) is 10.6 Å². The van der Waals surface area contributed by atoms with E-state index in [1.807, 2.05) is 12.1 Å². The maximum Gasteiger partial charge on any atom is 0.243 e. The highest BCUT2D eigenvalue weighted by Crippen LogP contribution is 2.23. The van der Waals surface area contributed by atoms with Crippen molar-refractivity contribution in [3.8, 4) is 0 Å². The van der Waals surface area contributed by atoms with E-state index in [4.69, 9.17) is 11.6 Å². The molecule has 1 fully saturated rings. The van der Waals surface area contributed by atoms with Crippen LogP contribution >= 0.6 is 23.4 Å². The highest BCUT2D eigenvalue weighted by molar-refractivity contribution is 8.00. The molecule has 3 rings (SSSR count). The molecule has 2 aromatic rings. The van der Waals surface area contributed by atoms with Gasteiger partial charge in [-0.3, -0.25) is 4.79 Å². The standard InChI is InChI=1S/C18H18ClFN2O3S2/c19-14-3-1-5-16(11-14)26-13-18(23)21-7-9-22(10-8-21)27(24,25)17-6-2-4-15(20)12-17/h1-6,11-12H,7-10,13H2. The van der Waals surface area contributed by atoms with Crippen molar-refractivity contribution in [1.82, 2.24) is 9.21 Å². The Bertz CT molecular complexity index is 932. The van der Waals surface area contributed by atoms with Gasteiger partial charge in [0.2, 0.25) is 15.9 Å². The number of carbonyl (C=O) groups excluding carboxylic acids is 1. The largest absolute Gasteiger partial charge is 0.339 e. The Hall–Kier alpha value is -1.61. The molecule has 0 radical (unpaired) electrons. The molecule has 2 aromatic carbocycles. The number of hydrogen-bond acceptors (Lipinski definition) is 4. The first-order chi connectivity index (χ1) is 12.9. The summed E-state index contributed by atoms with van der Waals surface area (Å²) in [6.45, 7) is 0.992. The molecule has 1 aliphatic heterocycles. The fraction of sp³-hybridized carbons (Fsp3) is 0.278. The van der Waals surface area contributed by atoms with Crippen molar-refractivity contribution in [1.29, 1.82) is 0 Å². The van der Waals surface area contributed by atoms with Crippen molar-refractivity contribution in [2.24, 2.45) is 0 Å². The van der Waals surface area contributed by atoms with Gasteiger partial charge >= 0.3 is 0 Å². The normalized spacial score (nSPS) is 15.7. The third-order valence-electron chi connectivity index (χ3n) is 4.18. The van der Waals surface area contributed by atoms with Crippen LogP contribution in [-0.2, 0) is 14.8 Å². The van der Waals surface area contributed by atoms with E-state index < -0.39 is 15.8 Å². The van der Waals surface area contributed by atoms with E-state index >= 15 is 0 Å². The number of halogens is 2. The average Bonchev–Trinajstić information content (AvgIpc) is 2.66. The molecule has 0 saturated carbocycles. The van der Waals surface area contributed by atoms with Gasteiger partial charge in [-0.25, -0.2) is 12.8 Å². The lowest BCUT2D eigenvalue weighted by molar-refractivity contribution is -0.129. The van der Waals surface area contributed by atoms with Gasteiger partial charge in [-0.05, 0) is 36.4 Å². The van der Waals surface area contributed by atoms with Crippen LogP contribution in [0.5, 0.6) is 0 Å². The number of sulfonamides is 1. The smallest absolute Gasteiger partial charge is 0.243 e. The summed E-state index contributed by atoms with van der Waals surface area (Å²) >= 11 is 7.33. The number of amides is 1. The molecule has 0 unspecified atom stereocenters. The second-order valence-corrected chi connectivity index (χ2v) is 9.41. The summed E-state index contributed by atoms with van der Waals surface area (Å²) in [4.78, 5) is 14.9. The number of piperazine rings is 1. The predicted octanol–water partition coefficient (Wildman–Crippen LogP) is 3.10. The molecule has 9 heteroatoms. The summed E-state index contributed by atoms with van der Waals surface area (Å²) in [6, 6.07) is 12.2. The van der Waals surface area contributed by atoms with Crippen molar-refractivity contribution < 1.29 is 17.6 Å². The first kappa shape index (κ1) is 20.1. The first-order valence-electron chi connectivity index (χ1n) is 8.28. The van der Waals surface area contributed by atoms with Crippen LogP contribution in [-0.4, -0.2) is 55.5 Å². The molecule has 0 N–H and O–H groups in total. The SMILES string of the molecule is O=C(CSc1cccc(Cl)c1)N1CCN(S(=O)(=O)c2cccc(F)c2)CC1. The zero-order valence-electron chi connectivity index (χ0n) is 14.3. The Morgan fingerprint density at radius 2 is 1.78 bits per heavy atom. The van der Waals surface area contributed by atoms with Crippen LogP contribution in [0.2, 0.25) is 5.02 Å². The number of rotatable bonds is 5. The summed E-state index contributed by atoms with van der Waals surface area (Å²) in [6.07, 6.45) is 0. The van der Waals surface area contributed by atoms with Gasteiger partial charge < -0.3 is 4.90 Å². The van der Waals surface area contributed by atoms with Gasteiger partial charge in [-0.15, -0.1) is 11.8 Å². The lowest BCUT2D eigenvalue weighted by atomic mass is 10.3. The Morgan fingerprint density at radius 3 is 2.44 bits per heavy atom. The van der Waals surface area contributed by atoms with Crippen molar-refractivity contribution in [3.05, 3.63) is 59.4 Å². The molecule has 0 aliphatic carbocycles. The number of carbonyl (C=O) groups is 1. The zero-order valence-corrected chi connectivity index (χ0v) is 16.7. The minimum Gasteiger partial charge on any atom is -0.339 e. The van der Waals surface area contributed by atoms with Crippen LogP contribution in [0.4, 0.5) is 4.39 Å². The molecule has 1 amide bonds. The molecule has 5 nitrogen and oxygen atoms in total. The monoisotopic (exact) mass is 428 g/mol. The van der Waals surface area contributed by atoms with Gasteiger partial charge in [-0.1, -0.05) is 23.7 Å². The maximum atomic E-state index is 13.3. The van der Waals surface area contributed by atoms with Crippen LogP contribution in [0.15, 0.2) is 58.3 Å². The third kappa shape index (κ3) is 5.01. The second-order valence-electron chi connectivity index (χ2n) is 5.99.